The molecule has 1 rings (SSSR count). The molecule has 0 N–H and O–H groups in total. The second kappa shape index (κ2) is 5.91. The molecule has 1 aliphatic rings. The van der Waals surface area contributed by atoms with Crippen LogP contribution in [0.3, 0.4) is 0 Å². The summed E-state index contributed by atoms with van der Waals surface area (Å²) in [5, 5.41) is 0. The van der Waals surface area contributed by atoms with Crippen molar-refractivity contribution in [1.29, 1.82) is 0 Å². The van der Waals surface area contributed by atoms with Gasteiger partial charge in [-0.15, -0.1) is 0 Å². The molecule has 0 aliphatic heterocycles. The van der Waals surface area contributed by atoms with Crippen LogP contribution in [0.1, 0.15) is 26.7 Å². The third-order valence-corrected chi connectivity index (χ3v) is 3.59. The highest BCUT2D eigenvalue weighted by Crippen LogP contribution is 2.48. The number of carbonyl (C=O) groups is 2. The summed E-state index contributed by atoms with van der Waals surface area (Å²) in [4.78, 5) is 24.1. The third kappa shape index (κ3) is 2.50. The van der Waals surface area contributed by atoms with Gasteiger partial charge < -0.3 is 14.2 Å². The number of allylic oxidation sites excluding steroid dienone is 4. The molecule has 19 heavy (non-hydrogen) atoms. The normalized spacial score (nSPS) is 22.1. The molecule has 5 nitrogen and oxygen atoms in total. The lowest BCUT2D eigenvalue weighted by Gasteiger charge is -2.21. The van der Waals surface area contributed by atoms with Gasteiger partial charge in [-0.05, 0) is 31.4 Å². The van der Waals surface area contributed by atoms with Crippen molar-refractivity contribution in [2.24, 2.45) is 5.41 Å². The van der Waals surface area contributed by atoms with Crippen LogP contribution in [0, 0.1) is 5.41 Å². The largest absolute Gasteiger partial charge is 0.501 e. The Hall–Kier alpha value is -1.78. The van der Waals surface area contributed by atoms with E-state index in [2.05, 4.69) is 0 Å². The van der Waals surface area contributed by atoms with Gasteiger partial charge in [0.05, 0.1) is 27.1 Å². The number of ether oxygens (including phenoxy) is 3. The van der Waals surface area contributed by atoms with Gasteiger partial charge in [-0.25, -0.2) is 0 Å². The fraction of sp³-hybridized carbons (Fsp3) is 0.571. The highest BCUT2D eigenvalue weighted by Gasteiger charge is 2.54. The molecule has 0 unspecified atom stereocenters. The highest BCUT2D eigenvalue weighted by atomic mass is 16.5. The molecule has 0 aromatic rings. The quantitative estimate of drug-likeness (QED) is 0.445. The van der Waals surface area contributed by atoms with Crippen molar-refractivity contribution in [2.45, 2.75) is 26.7 Å². The van der Waals surface area contributed by atoms with Crippen LogP contribution in [0.2, 0.25) is 0 Å². The number of methoxy groups -OCH3 is 3. The smallest absolute Gasteiger partial charge is 0.323 e. The molecule has 1 aliphatic carbocycles. The molecule has 1 fully saturated rings. The van der Waals surface area contributed by atoms with Crippen LogP contribution in [-0.2, 0) is 23.8 Å². The zero-order chi connectivity index (χ0) is 14.6. The maximum atomic E-state index is 12.0. The molecular formula is C14H20O5. The summed E-state index contributed by atoms with van der Waals surface area (Å²) in [6.07, 6.45) is 2.40. The van der Waals surface area contributed by atoms with Gasteiger partial charge in [0, 0.05) is 6.42 Å². The summed E-state index contributed by atoms with van der Waals surface area (Å²) in [6, 6.07) is 0. The summed E-state index contributed by atoms with van der Waals surface area (Å²) in [6.45, 7) is 3.67. The van der Waals surface area contributed by atoms with Crippen LogP contribution < -0.4 is 0 Å². The molecule has 5 heteroatoms. The minimum absolute atomic E-state index is 0.242. The van der Waals surface area contributed by atoms with Gasteiger partial charge >= 0.3 is 11.9 Å². The van der Waals surface area contributed by atoms with Gasteiger partial charge in [0.2, 0.25) is 0 Å². The van der Waals surface area contributed by atoms with Crippen LogP contribution in [0.4, 0.5) is 0 Å². The SMILES string of the molecule is C/C=C1\CC(C(=O)OC)(C(=O)OC)C\C1=C(\C)OC. The molecule has 0 bridgehead atoms. The van der Waals surface area contributed by atoms with Crippen molar-refractivity contribution in [2.75, 3.05) is 21.3 Å². The molecule has 0 radical (unpaired) electrons. The average molecular weight is 268 g/mol. The second-order valence-corrected chi connectivity index (χ2v) is 4.47. The fourth-order valence-electron chi connectivity index (χ4n) is 2.42. The first kappa shape index (κ1) is 15.3. The van der Waals surface area contributed by atoms with E-state index in [9.17, 15) is 9.59 Å². The van der Waals surface area contributed by atoms with E-state index in [-0.39, 0.29) is 12.8 Å². The van der Waals surface area contributed by atoms with Crippen LogP contribution >= 0.6 is 0 Å². The van der Waals surface area contributed by atoms with Gasteiger partial charge in [0.15, 0.2) is 5.41 Å². The Labute approximate surface area is 113 Å². The number of hydrogen-bond donors (Lipinski definition) is 0. The first-order valence-electron chi connectivity index (χ1n) is 6.03. The molecule has 0 atom stereocenters. The lowest BCUT2D eigenvalue weighted by molar-refractivity contribution is -0.168. The highest BCUT2D eigenvalue weighted by molar-refractivity contribution is 6.02. The van der Waals surface area contributed by atoms with Gasteiger partial charge in [-0.2, -0.15) is 0 Å². The molecule has 106 valence electrons. The maximum Gasteiger partial charge on any atom is 0.323 e. The van der Waals surface area contributed by atoms with Crippen molar-refractivity contribution in [3.63, 3.8) is 0 Å². The van der Waals surface area contributed by atoms with Crippen molar-refractivity contribution in [3.05, 3.63) is 23.0 Å². The Morgan fingerprint density at radius 3 is 1.95 bits per heavy atom. The molecule has 0 saturated heterocycles. The number of carbonyl (C=O) groups excluding carboxylic acids is 2. The van der Waals surface area contributed by atoms with Gasteiger partial charge in [0.25, 0.3) is 0 Å². The Morgan fingerprint density at radius 2 is 1.58 bits per heavy atom. The summed E-state index contributed by atoms with van der Waals surface area (Å²) >= 11 is 0. The minimum Gasteiger partial charge on any atom is -0.501 e. The molecular weight excluding hydrogens is 248 g/mol. The maximum absolute atomic E-state index is 12.0. The van der Waals surface area contributed by atoms with E-state index in [4.69, 9.17) is 14.2 Å². The average Bonchev–Trinajstić information content (AvgIpc) is 2.85. The van der Waals surface area contributed by atoms with Crippen LogP contribution in [0.15, 0.2) is 23.0 Å². The van der Waals surface area contributed by atoms with Crippen LogP contribution in [-0.4, -0.2) is 33.3 Å². The van der Waals surface area contributed by atoms with Crippen molar-refractivity contribution >= 4 is 11.9 Å². The lowest BCUT2D eigenvalue weighted by Crippen LogP contribution is -2.38. The predicted octanol–water partition coefficient (Wildman–Crippen LogP) is 1.98. The van der Waals surface area contributed by atoms with E-state index in [1.165, 1.54) is 14.2 Å². The van der Waals surface area contributed by atoms with Gasteiger partial charge in [0.1, 0.15) is 0 Å². The lowest BCUT2D eigenvalue weighted by atomic mass is 9.85. The van der Waals surface area contributed by atoms with Crippen LogP contribution in [0.25, 0.3) is 0 Å². The van der Waals surface area contributed by atoms with E-state index >= 15 is 0 Å². The van der Waals surface area contributed by atoms with Crippen LogP contribution in [0.5, 0.6) is 0 Å². The first-order valence-corrected chi connectivity index (χ1v) is 6.03. The van der Waals surface area contributed by atoms with E-state index < -0.39 is 17.4 Å². The summed E-state index contributed by atoms with van der Waals surface area (Å²) < 4.78 is 14.8. The molecule has 0 aromatic carbocycles. The third-order valence-electron chi connectivity index (χ3n) is 3.59. The zero-order valence-electron chi connectivity index (χ0n) is 12.0. The summed E-state index contributed by atoms with van der Waals surface area (Å²) in [7, 11) is 4.10. The Balaban J connectivity index is 3.33. The number of esters is 2. The predicted molar refractivity (Wildman–Crippen MR) is 69.2 cm³/mol. The fourth-order valence-corrected chi connectivity index (χ4v) is 2.42. The molecule has 0 spiro atoms. The minimum atomic E-state index is -1.29. The Bertz CT molecular complexity index is 429. The van der Waals surface area contributed by atoms with Crippen molar-refractivity contribution < 1.29 is 23.8 Å². The standard InChI is InChI=1S/C14H20O5/c1-6-10-7-14(12(15)18-4,13(16)19-5)8-11(10)9(2)17-3/h6H,7-8H2,1-5H3/b10-6+,11-9+. The molecule has 0 aromatic heterocycles. The number of rotatable bonds is 3. The zero-order valence-corrected chi connectivity index (χ0v) is 12.0. The molecule has 0 amide bonds. The summed E-state index contributed by atoms with van der Waals surface area (Å²) in [5.41, 5.74) is 0.483. The monoisotopic (exact) mass is 268 g/mol. The van der Waals surface area contributed by atoms with E-state index in [1.807, 2.05) is 19.9 Å². The number of hydrogen-bond acceptors (Lipinski definition) is 5. The Kier molecular flexibility index (Phi) is 4.75. The molecule has 1 saturated carbocycles. The topological polar surface area (TPSA) is 61.8 Å². The van der Waals surface area contributed by atoms with E-state index in [0.717, 1.165) is 11.1 Å². The molecule has 0 heterocycles. The van der Waals surface area contributed by atoms with E-state index in [1.54, 1.807) is 7.11 Å². The van der Waals surface area contributed by atoms with Crippen molar-refractivity contribution in [1.82, 2.24) is 0 Å². The second-order valence-electron chi connectivity index (χ2n) is 4.47. The van der Waals surface area contributed by atoms with E-state index in [0.29, 0.717) is 5.76 Å². The Morgan fingerprint density at radius 1 is 1.05 bits per heavy atom. The van der Waals surface area contributed by atoms with Gasteiger partial charge in [-0.3, -0.25) is 9.59 Å². The van der Waals surface area contributed by atoms with Gasteiger partial charge in [-0.1, -0.05) is 6.08 Å². The summed E-state index contributed by atoms with van der Waals surface area (Å²) in [5.74, 6) is -0.446. The first-order chi connectivity index (χ1) is 8.96. The van der Waals surface area contributed by atoms with Crippen molar-refractivity contribution in [3.8, 4) is 0 Å².